The molecule has 0 spiro atoms. The summed E-state index contributed by atoms with van der Waals surface area (Å²) in [5, 5.41) is 31.3. The lowest BCUT2D eigenvalue weighted by Crippen LogP contribution is -2.10. The molecule has 0 aliphatic rings. The highest BCUT2D eigenvalue weighted by Gasteiger charge is 2.31. The highest BCUT2D eigenvalue weighted by atomic mass is 16.6. The molecule has 0 radical (unpaired) electrons. The number of nitrogens with zero attached hydrogens (tertiary/aromatic N) is 2. The second-order valence-corrected chi connectivity index (χ2v) is 4.26. The van der Waals surface area contributed by atoms with Crippen LogP contribution in [0.1, 0.15) is 11.1 Å². The van der Waals surface area contributed by atoms with Crippen molar-refractivity contribution in [2.24, 2.45) is 0 Å². The Hall–Kier alpha value is -2.97. The summed E-state index contributed by atoms with van der Waals surface area (Å²) >= 11 is 0. The van der Waals surface area contributed by atoms with Crippen molar-refractivity contribution in [1.29, 1.82) is 0 Å². The monoisotopic (exact) mass is 279 g/mol. The molecule has 0 fully saturated rings. The summed E-state index contributed by atoms with van der Waals surface area (Å²) < 4.78 is 0. The van der Waals surface area contributed by atoms with Gasteiger partial charge >= 0.3 is 5.69 Å². The summed E-state index contributed by atoms with van der Waals surface area (Å²) in [6, 6.07) is 1.39. The average Bonchev–Trinajstić information content (AvgIpc) is 2.32. The fourth-order valence-corrected chi connectivity index (χ4v) is 2.05. The Labute approximate surface area is 110 Å². The van der Waals surface area contributed by atoms with Crippen LogP contribution in [0.3, 0.4) is 0 Å². The number of aryl methyl sites for hydroxylation is 1. The average molecular weight is 279 g/mol. The fraction of sp³-hybridized carbons (Fsp3) is 0.182. The van der Waals surface area contributed by atoms with Crippen LogP contribution in [0.5, 0.6) is 5.75 Å². The number of fused-ring (bicyclic) bond motifs is 1. The predicted octanol–water partition coefficient (Wildman–Crippen LogP) is 1.67. The molecular weight excluding hydrogens is 270 g/mol. The number of hydrogen-bond acceptors (Lipinski definition) is 6. The molecule has 0 aliphatic heterocycles. The first-order valence-electron chi connectivity index (χ1n) is 5.43. The van der Waals surface area contributed by atoms with Crippen molar-refractivity contribution in [2.75, 3.05) is 0 Å². The third kappa shape index (κ3) is 1.76. The number of H-pyrrole nitrogens is 1. The van der Waals surface area contributed by atoms with E-state index >= 15 is 0 Å². The van der Waals surface area contributed by atoms with Crippen molar-refractivity contribution >= 4 is 22.3 Å². The van der Waals surface area contributed by atoms with Crippen LogP contribution in [-0.2, 0) is 0 Å². The number of nitro groups is 2. The smallest absolute Gasteiger partial charge is 0.332 e. The van der Waals surface area contributed by atoms with Gasteiger partial charge in [0.2, 0.25) is 0 Å². The lowest BCUT2D eigenvalue weighted by molar-refractivity contribution is -0.391. The Morgan fingerprint density at radius 1 is 1.15 bits per heavy atom. The third-order valence-corrected chi connectivity index (χ3v) is 3.10. The van der Waals surface area contributed by atoms with Gasteiger partial charge in [-0.2, -0.15) is 0 Å². The van der Waals surface area contributed by atoms with Crippen molar-refractivity contribution in [3.8, 4) is 5.75 Å². The first-order valence-corrected chi connectivity index (χ1v) is 5.43. The van der Waals surface area contributed by atoms with Crippen molar-refractivity contribution < 1.29 is 15.0 Å². The van der Waals surface area contributed by atoms with Crippen molar-refractivity contribution in [1.82, 2.24) is 4.98 Å². The molecular formula is C11H9N3O6. The molecule has 0 bridgehead atoms. The van der Waals surface area contributed by atoms with E-state index in [4.69, 9.17) is 0 Å². The Balaban J connectivity index is 3.21. The molecule has 0 atom stereocenters. The minimum absolute atomic E-state index is 0.0608. The van der Waals surface area contributed by atoms with Gasteiger partial charge in [-0.05, 0) is 25.5 Å². The molecule has 0 amide bonds. The molecule has 1 aromatic heterocycles. The standard InChI is InChI=1S/C11H9N3O6/c1-4-3-6-7(8(5(4)2)13(17)18)9(14(19)20)10(15)11(16)12-6/h3,15H,1-2H3,(H,12,16). The van der Waals surface area contributed by atoms with E-state index in [-0.39, 0.29) is 16.5 Å². The second-order valence-electron chi connectivity index (χ2n) is 4.26. The number of aromatic hydroxyl groups is 1. The van der Waals surface area contributed by atoms with Crippen molar-refractivity contribution in [3.05, 3.63) is 47.8 Å². The van der Waals surface area contributed by atoms with Crippen LogP contribution in [0.2, 0.25) is 0 Å². The highest BCUT2D eigenvalue weighted by molar-refractivity contribution is 5.99. The summed E-state index contributed by atoms with van der Waals surface area (Å²) in [5.41, 5.74) is -1.86. The lowest BCUT2D eigenvalue weighted by atomic mass is 10.0. The van der Waals surface area contributed by atoms with Crippen molar-refractivity contribution in [3.63, 3.8) is 0 Å². The van der Waals surface area contributed by atoms with E-state index in [1.807, 2.05) is 0 Å². The van der Waals surface area contributed by atoms with Gasteiger partial charge in [-0.25, -0.2) is 0 Å². The third-order valence-electron chi connectivity index (χ3n) is 3.10. The molecule has 20 heavy (non-hydrogen) atoms. The summed E-state index contributed by atoms with van der Waals surface area (Å²) in [4.78, 5) is 34.1. The van der Waals surface area contributed by atoms with Crippen molar-refractivity contribution in [2.45, 2.75) is 13.8 Å². The first-order chi connectivity index (χ1) is 9.25. The number of pyridine rings is 1. The number of hydrogen-bond donors (Lipinski definition) is 2. The topological polar surface area (TPSA) is 139 Å². The lowest BCUT2D eigenvalue weighted by Gasteiger charge is -2.07. The zero-order chi connectivity index (χ0) is 15.2. The number of nitrogens with one attached hydrogen (secondary N) is 1. The molecule has 9 nitrogen and oxygen atoms in total. The molecule has 2 aromatic rings. The van der Waals surface area contributed by atoms with Crippen LogP contribution >= 0.6 is 0 Å². The molecule has 2 rings (SSSR count). The van der Waals surface area contributed by atoms with E-state index in [1.54, 1.807) is 6.92 Å². The summed E-state index contributed by atoms with van der Waals surface area (Å²) in [6.45, 7) is 3.03. The van der Waals surface area contributed by atoms with Crippen LogP contribution in [0.25, 0.3) is 10.9 Å². The second kappa shape index (κ2) is 4.30. The van der Waals surface area contributed by atoms with Gasteiger partial charge in [0.15, 0.2) is 5.39 Å². The molecule has 0 saturated heterocycles. The number of aromatic nitrogens is 1. The maximum Gasteiger partial charge on any atom is 0.332 e. The Kier molecular flexibility index (Phi) is 2.89. The number of aromatic amines is 1. The first kappa shape index (κ1) is 13.5. The fourth-order valence-electron chi connectivity index (χ4n) is 2.05. The van der Waals surface area contributed by atoms with Gasteiger partial charge in [-0.1, -0.05) is 0 Å². The normalized spacial score (nSPS) is 10.7. The largest absolute Gasteiger partial charge is 0.498 e. The van der Waals surface area contributed by atoms with Crippen LogP contribution in [-0.4, -0.2) is 19.9 Å². The molecule has 1 aromatic carbocycles. The van der Waals surface area contributed by atoms with Crippen LogP contribution in [0.15, 0.2) is 10.9 Å². The minimum Gasteiger partial charge on any atom is -0.498 e. The number of rotatable bonds is 2. The molecule has 104 valence electrons. The predicted molar refractivity (Wildman–Crippen MR) is 69.0 cm³/mol. The molecule has 2 N–H and O–H groups in total. The maximum absolute atomic E-state index is 11.5. The minimum atomic E-state index is -1.14. The van der Waals surface area contributed by atoms with Crippen LogP contribution < -0.4 is 5.56 Å². The molecule has 0 aliphatic carbocycles. The van der Waals surface area contributed by atoms with Gasteiger partial charge in [0.1, 0.15) is 0 Å². The van der Waals surface area contributed by atoms with Gasteiger partial charge in [-0.3, -0.25) is 25.0 Å². The SMILES string of the molecule is Cc1cc2[nH]c(=O)c(O)c([N+](=O)[O-])c2c([N+](=O)[O-])c1C. The van der Waals surface area contributed by atoms with Crippen LogP contribution in [0.4, 0.5) is 11.4 Å². The Bertz CT molecular complexity index is 823. The molecule has 1 heterocycles. The Morgan fingerprint density at radius 2 is 1.70 bits per heavy atom. The van der Waals surface area contributed by atoms with Gasteiger partial charge in [0.25, 0.3) is 17.0 Å². The highest BCUT2D eigenvalue weighted by Crippen LogP contribution is 2.39. The quantitative estimate of drug-likeness (QED) is 0.632. The summed E-state index contributed by atoms with van der Waals surface area (Å²) in [6.07, 6.45) is 0. The van der Waals surface area contributed by atoms with E-state index in [2.05, 4.69) is 4.98 Å². The molecule has 0 unspecified atom stereocenters. The van der Waals surface area contributed by atoms with Gasteiger partial charge in [0, 0.05) is 5.56 Å². The van der Waals surface area contributed by atoms with E-state index in [0.29, 0.717) is 5.56 Å². The summed E-state index contributed by atoms with van der Waals surface area (Å²) in [7, 11) is 0. The number of benzene rings is 1. The van der Waals surface area contributed by atoms with E-state index in [1.165, 1.54) is 13.0 Å². The van der Waals surface area contributed by atoms with Gasteiger partial charge in [-0.15, -0.1) is 0 Å². The van der Waals surface area contributed by atoms with E-state index in [9.17, 15) is 30.1 Å². The zero-order valence-corrected chi connectivity index (χ0v) is 10.5. The maximum atomic E-state index is 11.5. The molecule has 0 saturated carbocycles. The summed E-state index contributed by atoms with van der Waals surface area (Å²) in [5.74, 6) is -1.14. The van der Waals surface area contributed by atoms with Crippen LogP contribution in [0, 0.1) is 34.1 Å². The van der Waals surface area contributed by atoms with E-state index in [0.717, 1.165) is 0 Å². The van der Waals surface area contributed by atoms with Gasteiger partial charge < -0.3 is 10.1 Å². The van der Waals surface area contributed by atoms with E-state index < -0.39 is 32.5 Å². The molecule has 9 heteroatoms. The zero-order valence-electron chi connectivity index (χ0n) is 10.5. The van der Waals surface area contributed by atoms with Gasteiger partial charge in [0.05, 0.1) is 15.4 Å². The number of nitro benzene ring substituents is 1. The Morgan fingerprint density at radius 3 is 2.20 bits per heavy atom.